The molecule has 41 heavy (non-hydrogen) atoms. The van der Waals surface area contributed by atoms with Crippen LogP contribution >= 0.6 is 0 Å². The SMILES string of the molecule is COC(=O)c1ccc(N(C(=O)OC(C)(C)C)C2CCc3cc4nc(C)n(COC(=O)C(C)(C)C)c(=O)c4cc32)cn1. The number of pyridine rings is 1. The average molecular weight is 565 g/mol. The van der Waals surface area contributed by atoms with Crippen molar-refractivity contribution in [1.82, 2.24) is 14.5 Å². The second-order valence-corrected chi connectivity index (χ2v) is 12.1. The Hall–Kier alpha value is -4.28. The smallest absolute Gasteiger partial charge is 0.415 e. The van der Waals surface area contributed by atoms with E-state index in [9.17, 15) is 19.2 Å². The summed E-state index contributed by atoms with van der Waals surface area (Å²) in [4.78, 5) is 61.7. The largest absolute Gasteiger partial charge is 0.464 e. The molecular weight excluding hydrogens is 528 g/mol. The van der Waals surface area contributed by atoms with Gasteiger partial charge in [0.15, 0.2) is 6.73 Å². The first-order valence-corrected chi connectivity index (χ1v) is 13.4. The van der Waals surface area contributed by atoms with Crippen LogP contribution < -0.4 is 10.5 Å². The van der Waals surface area contributed by atoms with E-state index in [2.05, 4.69) is 9.97 Å². The van der Waals surface area contributed by atoms with Crippen LogP contribution in [0, 0.1) is 12.3 Å². The molecule has 2 heterocycles. The van der Waals surface area contributed by atoms with Gasteiger partial charge in [-0.15, -0.1) is 0 Å². The standard InChI is InChI=1S/C30H36N4O7/c1-17-32-23-13-18-9-12-24(20(18)14-21(23)25(35)33(17)16-40-27(37)29(2,3)4)34(28(38)41-30(5,6)7)19-10-11-22(31-15-19)26(36)39-8/h10-11,13-15,24H,9,12,16H2,1-8H3. The summed E-state index contributed by atoms with van der Waals surface area (Å²) in [5.74, 6) is -0.603. The molecule has 0 saturated heterocycles. The molecule has 0 spiro atoms. The van der Waals surface area contributed by atoms with Crippen molar-refractivity contribution >= 4 is 34.6 Å². The van der Waals surface area contributed by atoms with Crippen molar-refractivity contribution in [3.63, 3.8) is 0 Å². The number of rotatable bonds is 5. The number of hydrogen-bond acceptors (Lipinski definition) is 9. The van der Waals surface area contributed by atoms with Crippen molar-refractivity contribution in [2.75, 3.05) is 12.0 Å². The summed E-state index contributed by atoms with van der Waals surface area (Å²) in [6, 6.07) is 6.26. The molecule has 1 atom stereocenters. The lowest BCUT2D eigenvalue weighted by molar-refractivity contribution is -0.157. The van der Waals surface area contributed by atoms with Crippen LogP contribution in [-0.4, -0.2) is 45.3 Å². The number of carbonyl (C=O) groups is 3. The number of anilines is 1. The molecule has 1 amide bonds. The first-order chi connectivity index (χ1) is 19.1. The fourth-order valence-electron chi connectivity index (χ4n) is 4.65. The molecule has 2 aromatic heterocycles. The van der Waals surface area contributed by atoms with Crippen molar-refractivity contribution in [1.29, 1.82) is 0 Å². The number of methoxy groups -OCH3 is 1. The second kappa shape index (κ2) is 10.9. The third-order valence-corrected chi connectivity index (χ3v) is 6.71. The molecule has 11 heteroatoms. The van der Waals surface area contributed by atoms with Crippen molar-refractivity contribution in [2.24, 2.45) is 5.41 Å². The molecule has 1 aliphatic rings. The molecular formula is C30H36N4O7. The van der Waals surface area contributed by atoms with Crippen LogP contribution in [0.3, 0.4) is 0 Å². The number of aryl methyl sites for hydroxylation is 2. The van der Waals surface area contributed by atoms with Gasteiger partial charge in [-0.3, -0.25) is 19.1 Å². The van der Waals surface area contributed by atoms with Crippen LogP contribution in [0.4, 0.5) is 10.5 Å². The fraction of sp³-hybridized carbons (Fsp3) is 0.467. The number of carbonyl (C=O) groups excluding carboxylic acids is 3. The van der Waals surface area contributed by atoms with Gasteiger partial charge in [-0.1, -0.05) is 0 Å². The first kappa shape index (κ1) is 29.7. The Balaban J connectivity index is 1.78. The van der Waals surface area contributed by atoms with E-state index in [-0.39, 0.29) is 18.0 Å². The summed E-state index contributed by atoms with van der Waals surface area (Å²) in [5.41, 5.74) is 0.962. The van der Waals surface area contributed by atoms with Crippen molar-refractivity contribution < 1.29 is 28.6 Å². The number of amides is 1. The minimum Gasteiger partial charge on any atom is -0.464 e. The molecule has 0 aliphatic heterocycles. The number of nitrogens with zero attached hydrogens (tertiary/aromatic N) is 4. The van der Waals surface area contributed by atoms with E-state index in [1.165, 1.54) is 28.8 Å². The predicted octanol–water partition coefficient (Wildman–Crippen LogP) is 4.86. The van der Waals surface area contributed by atoms with Gasteiger partial charge in [-0.05, 0) is 96.7 Å². The predicted molar refractivity (Wildman–Crippen MR) is 152 cm³/mol. The number of fused-ring (bicyclic) bond motifs is 2. The summed E-state index contributed by atoms with van der Waals surface area (Å²) < 4.78 is 17.2. The topological polar surface area (TPSA) is 130 Å². The van der Waals surface area contributed by atoms with Crippen LogP contribution in [0.1, 0.15) is 81.4 Å². The Morgan fingerprint density at radius 2 is 1.80 bits per heavy atom. The maximum atomic E-state index is 13.6. The van der Waals surface area contributed by atoms with Gasteiger partial charge < -0.3 is 14.2 Å². The lowest BCUT2D eigenvalue weighted by atomic mass is 9.98. The summed E-state index contributed by atoms with van der Waals surface area (Å²) in [7, 11) is 1.27. The van der Waals surface area contributed by atoms with Gasteiger partial charge >= 0.3 is 18.0 Å². The van der Waals surface area contributed by atoms with E-state index in [4.69, 9.17) is 14.2 Å². The molecule has 0 N–H and O–H groups in total. The lowest BCUT2D eigenvalue weighted by Crippen LogP contribution is -2.39. The highest BCUT2D eigenvalue weighted by atomic mass is 16.6. The molecule has 11 nitrogen and oxygen atoms in total. The van der Waals surface area contributed by atoms with E-state index in [1.807, 2.05) is 6.07 Å². The quantitative estimate of drug-likeness (QED) is 0.315. The normalized spacial score (nSPS) is 14.9. The van der Waals surface area contributed by atoms with E-state index < -0.39 is 35.1 Å². The highest BCUT2D eigenvalue weighted by Crippen LogP contribution is 2.40. The van der Waals surface area contributed by atoms with Gasteiger partial charge in [0.1, 0.15) is 17.1 Å². The minimum atomic E-state index is -0.765. The molecule has 1 aliphatic carbocycles. The van der Waals surface area contributed by atoms with E-state index in [0.29, 0.717) is 35.3 Å². The highest BCUT2D eigenvalue weighted by Gasteiger charge is 2.36. The lowest BCUT2D eigenvalue weighted by Gasteiger charge is -2.32. The van der Waals surface area contributed by atoms with Crippen LogP contribution in [0.5, 0.6) is 0 Å². The van der Waals surface area contributed by atoms with Gasteiger partial charge in [0.05, 0.1) is 41.4 Å². The zero-order valence-electron chi connectivity index (χ0n) is 24.7. The number of hydrogen-bond donors (Lipinski definition) is 0. The Morgan fingerprint density at radius 1 is 1.10 bits per heavy atom. The maximum absolute atomic E-state index is 13.6. The van der Waals surface area contributed by atoms with Crippen molar-refractivity contribution in [3.8, 4) is 0 Å². The Bertz CT molecular complexity index is 1560. The zero-order valence-corrected chi connectivity index (χ0v) is 24.7. The monoisotopic (exact) mass is 564 g/mol. The molecule has 0 saturated carbocycles. The number of aromatic nitrogens is 3. The molecule has 3 aromatic rings. The van der Waals surface area contributed by atoms with Crippen molar-refractivity contribution in [2.45, 2.75) is 79.7 Å². The molecule has 0 radical (unpaired) electrons. The Kier molecular flexibility index (Phi) is 7.93. The van der Waals surface area contributed by atoms with Gasteiger partial charge in [0, 0.05) is 0 Å². The molecule has 1 unspecified atom stereocenters. The number of benzene rings is 1. The summed E-state index contributed by atoms with van der Waals surface area (Å²) in [6.45, 7) is 12.0. The van der Waals surface area contributed by atoms with E-state index in [0.717, 1.165) is 11.1 Å². The van der Waals surface area contributed by atoms with Gasteiger partial charge in [-0.25, -0.2) is 19.6 Å². The summed E-state index contributed by atoms with van der Waals surface area (Å²) >= 11 is 0. The zero-order chi connectivity index (χ0) is 30.3. The third-order valence-electron chi connectivity index (χ3n) is 6.71. The summed E-state index contributed by atoms with van der Waals surface area (Å²) in [6.07, 6.45) is 2.06. The molecule has 0 bridgehead atoms. The van der Waals surface area contributed by atoms with E-state index >= 15 is 0 Å². The highest BCUT2D eigenvalue weighted by molar-refractivity contribution is 5.91. The Labute approximate surface area is 238 Å². The van der Waals surface area contributed by atoms with Crippen molar-refractivity contribution in [3.05, 3.63) is 63.5 Å². The minimum absolute atomic E-state index is 0.104. The van der Waals surface area contributed by atoms with Gasteiger partial charge in [0.2, 0.25) is 0 Å². The van der Waals surface area contributed by atoms with Crippen LogP contribution in [0.15, 0.2) is 35.3 Å². The maximum Gasteiger partial charge on any atom is 0.415 e. The number of esters is 2. The van der Waals surface area contributed by atoms with Crippen LogP contribution in [-0.2, 0) is 32.2 Å². The second-order valence-electron chi connectivity index (χ2n) is 12.1. The average Bonchev–Trinajstić information content (AvgIpc) is 3.28. The fourth-order valence-corrected chi connectivity index (χ4v) is 4.65. The summed E-state index contributed by atoms with van der Waals surface area (Å²) in [5, 5.41) is 0.344. The molecule has 1 aromatic carbocycles. The Morgan fingerprint density at radius 3 is 2.39 bits per heavy atom. The third kappa shape index (κ3) is 6.23. The number of ether oxygens (including phenoxy) is 3. The van der Waals surface area contributed by atoms with Crippen LogP contribution in [0.2, 0.25) is 0 Å². The van der Waals surface area contributed by atoms with Gasteiger partial charge in [-0.2, -0.15) is 0 Å². The van der Waals surface area contributed by atoms with E-state index in [1.54, 1.807) is 60.6 Å². The first-order valence-electron chi connectivity index (χ1n) is 13.4. The molecule has 4 rings (SSSR count). The molecule has 218 valence electrons. The van der Waals surface area contributed by atoms with Gasteiger partial charge in [0.25, 0.3) is 5.56 Å². The van der Waals surface area contributed by atoms with Crippen LogP contribution in [0.25, 0.3) is 10.9 Å². The molecule has 0 fully saturated rings.